The highest BCUT2D eigenvalue weighted by atomic mass is 19.1. The summed E-state index contributed by atoms with van der Waals surface area (Å²) in [7, 11) is 0. The number of halogens is 1. The van der Waals surface area contributed by atoms with Crippen molar-refractivity contribution in [1.82, 2.24) is 5.32 Å². The van der Waals surface area contributed by atoms with Gasteiger partial charge in [-0.05, 0) is 38.1 Å². The van der Waals surface area contributed by atoms with Crippen LogP contribution in [0.1, 0.15) is 37.0 Å². The second kappa shape index (κ2) is 6.43. The van der Waals surface area contributed by atoms with Crippen LogP contribution in [-0.4, -0.2) is 23.8 Å². The molecule has 0 aromatic heterocycles. The Labute approximate surface area is 112 Å². The van der Waals surface area contributed by atoms with E-state index in [-0.39, 0.29) is 30.3 Å². The molecule has 1 amide bonds. The maximum Gasteiger partial charge on any atom is 0.220 e. The van der Waals surface area contributed by atoms with Crippen molar-refractivity contribution in [1.29, 1.82) is 0 Å². The Morgan fingerprint density at radius 1 is 1.21 bits per heavy atom. The number of rotatable bonds is 6. The molecule has 19 heavy (non-hydrogen) atoms. The molecule has 104 valence electrons. The number of hydrogen-bond donors (Lipinski definition) is 2. The number of nitrogens with one attached hydrogen (secondary N) is 1. The lowest BCUT2D eigenvalue weighted by molar-refractivity contribution is -0.122. The van der Waals surface area contributed by atoms with E-state index in [1.165, 1.54) is 24.3 Å². The second-order valence-corrected chi connectivity index (χ2v) is 5.07. The number of carbonyl (C=O) groups is 2. The van der Waals surface area contributed by atoms with Crippen molar-refractivity contribution in [3.8, 4) is 0 Å². The van der Waals surface area contributed by atoms with Crippen LogP contribution in [0.25, 0.3) is 0 Å². The average molecular weight is 266 g/mol. The Balaban J connectivity index is 2.46. The van der Waals surface area contributed by atoms with Gasteiger partial charge >= 0.3 is 0 Å². The van der Waals surface area contributed by atoms with Gasteiger partial charge in [-0.15, -0.1) is 0 Å². The predicted molar refractivity (Wildman–Crippen MR) is 71.2 cm³/mol. The van der Waals surface area contributed by atoms with Crippen LogP contribution < -0.4 is 11.1 Å². The van der Waals surface area contributed by atoms with Gasteiger partial charge in [-0.1, -0.05) is 0 Å². The number of benzene rings is 1. The van der Waals surface area contributed by atoms with Crippen LogP contribution in [0.4, 0.5) is 4.39 Å². The summed E-state index contributed by atoms with van der Waals surface area (Å²) in [5, 5.41) is 2.75. The third kappa shape index (κ3) is 5.18. The number of hydrogen-bond acceptors (Lipinski definition) is 3. The zero-order valence-electron chi connectivity index (χ0n) is 11.2. The fourth-order valence-electron chi connectivity index (χ4n) is 1.50. The van der Waals surface area contributed by atoms with Gasteiger partial charge in [-0.25, -0.2) is 4.39 Å². The minimum absolute atomic E-state index is 0.0954. The lowest BCUT2D eigenvalue weighted by Crippen LogP contribution is -2.48. The summed E-state index contributed by atoms with van der Waals surface area (Å²) in [6, 6.07) is 5.29. The molecule has 0 fully saturated rings. The zero-order valence-corrected chi connectivity index (χ0v) is 11.2. The Morgan fingerprint density at radius 3 is 2.32 bits per heavy atom. The van der Waals surface area contributed by atoms with E-state index in [1.54, 1.807) is 0 Å². The number of amides is 1. The van der Waals surface area contributed by atoms with E-state index >= 15 is 0 Å². The Hall–Kier alpha value is -1.75. The van der Waals surface area contributed by atoms with Crippen molar-refractivity contribution in [3.05, 3.63) is 35.6 Å². The van der Waals surface area contributed by atoms with Crippen molar-refractivity contribution < 1.29 is 14.0 Å². The van der Waals surface area contributed by atoms with E-state index in [4.69, 9.17) is 5.73 Å². The van der Waals surface area contributed by atoms with E-state index in [2.05, 4.69) is 5.32 Å². The largest absolute Gasteiger partial charge is 0.350 e. The fraction of sp³-hybridized carbons (Fsp3) is 0.429. The van der Waals surface area contributed by atoms with Crippen LogP contribution in [0.2, 0.25) is 0 Å². The Morgan fingerprint density at radius 2 is 1.79 bits per heavy atom. The van der Waals surface area contributed by atoms with Crippen LogP contribution in [0.3, 0.4) is 0 Å². The van der Waals surface area contributed by atoms with Crippen LogP contribution >= 0.6 is 0 Å². The van der Waals surface area contributed by atoms with Gasteiger partial charge in [0.15, 0.2) is 5.78 Å². The van der Waals surface area contributed by atoms with Gasteiger partial charge in [0.25, 0.3) is 0 Å². The number of ketones is 1. The lowest BCUT2D eigenvalue weighted by atomic mass is 10.0. The Kier molecular flexibility index (Phi) is 5.18. The maximum absolute atomic E-state index is 12.7. The molecule has 0 atom stereocenters. The summed E-state index contributed by atoms with van der Waals surface area (Å²) in [5.41, 5.74) is 5.43. The topological polar surface area (TPSA) is 72.2 Å². The van der Waals surface area contributed by atoms with Crippen LogP contribution in [0, 0.1) is 5.82 Å². The van der Waals surface area contributed by atoms with Crippen molar-refractivity contribution >= 4 is 11.7 Å². The molecule has 0 unspecified atom stereocenters. The molecule has 0 heterocycles. The van der Waals surface area contributed by atoms with E-state index in [1.807, 2.05) is 13.8 Å². The molecule has 3 N–H and O–H groups in total. The summed E-state index contributed by atoms with van der Waals surface area (Å²) in [5.74, 6) is -0.786. The minimum Gasteiger partial charge on any atom is -0.350 e. The summed E-state index contributed by atoms with van der Waals surface area (Å²) in [6.45, 7) is 3.95. The van der Waals surface area contributed by atoms with E-state index in [0.29, 0.717) is 12.1 Å². The third-order valence-corrected chi connectivity index (χ3v) is 2.73. The smallest absolute Gasteiger partial charge is 0.220 e. The van der Waals surface area contributed by atoms with E-state index in [9.17, 15) is 14.0 Å². The second-order valence-electron chi connectivity index (χ2n) is 5.07. The normalized spacial score (nSPS) is 11.2. The van der Waals surface area contributed by atoms with Crippen molar-refractivity contribution in [3.63, 3.8) is 0 Å². The first-order valence-corrected chi connectivity index (χ1v) is 6.14. The van der Waals surface area contributed by atoms with Crippen molar-refractivity contribution in [2.75, 3.05) is 6.54 Å². The SMILES string of the molecule is CC(C)(CN)NC(=O)CCC(=O)c1ccc(F)cc1. The van der Waals surface area contributed by atoms with Crippen molar-refractivity contribution in [2.24, 2.45) is 5.73 Å². The summed E-state index contributed by atoms with van der Waals surface area (Å²) >= 11 is 0. The minimum atomic E-state index is -0.476. The number of carbonyl (C=O) groups excluding carboxylic acids is 2. The van der Waals surface area contributed by atoms with Crippen molar-refractivity contribution in [2.45, 2.75) is 32.2 Å². The number of Topliss-reactive ketones (excluding diaryl/α,β-unsaturated/α-hetero) is 1. The summed E-state index contributed by atoms with van der Waals surface area (Å²) in [6.07, 6.45) is 0.192. The van der Waals surface area contributed by atoms with Gasteiger partial charge in [-0.2, -0.15) is 0 Å². The average Bonchev–Trinajstić information content (AvgIpc) is 2.36. The molecule has 0 saturated heterocycles. The highest BCUT2D eigenvalue weighted by molar-refractivity contribution is 5.97. The molecular weight excluding hydrogens is 247 g/mol. The molecule has 1 rings (SSSR count). The molecule has 0 aliphatic rings. The summed E-state index contributed by atoms with van der Waals surface area (Å²) < 4.78 is 12.7. The molecule has 5 heteroatoms. The quantitative estimate of drug-likeness (QED) is 0.769. The first-order valence-electron chi connectivity index (χ1n) is 6.14. The van der Waals surface area contributed by atoms with Gasteiger partial charge in [0.1, 0.15) is 5.82 Å². The molecule has 0 bridgehead atoms. The van der Waals surface area contributed by atoms with Crippen LogP contribution in [-0.2, 0) is 4.79 Å². The third-order valence-electron chi connectivity index (χ3n) is 2.73. The Bertz CT molecular complexity index is 455. The highest BCUT2D eigenvalue weighted by Crippen LogP contribution is 2.08. The fourth-order valence-corrected chi connectivity index (χ4v) is 1.50. The molecule has 4 nitrogen and oxygen atoms in total. The molecule has 1 aromatic carbocycles. The van der Waals surface area contributed by atoms with Crippen LogP contribution in [0.15, 0.2) is 24.3 Å². The maximum atomic E-state index is 12.7. The van der Waals surface area contributed by atoms with Crippen LogP contribution in [0.5, 0.6) is 0 Å². The first-order chi connectivity index (χ1) is 8.84. The predicted octanol–water partition coefficient (Wildman–Crippen LogP) is 1.64. The molecule has 1 aromatic rings. The van der Waals surface area contributed by atoms with E-state index < -0.39 is 5.54 Å². The summed E-state index contributed by atoms with van der Waals surface area (Å²) in [4.78, 5) is 23.4. The van der Waals surface area contributed by atoms with E-state index in [0.717, 1.165) is 0 Å². The molecule has 0 saturated carbocycles. The zero-order chi connectivity index (χ0) is 14.5. The lowest BCUT2D eigenvalue weighted by Gasteiger charge is -2.24. The van der Waals surface area contributed by atoms with Gasteiger partial charge in [0.2, 0.25) is 5.91 Å². The van der Waals surface area contributed by atoms with Gasteiger partial charge in [0.05, 0.1) is 0 Å². The molecular formula is C14H19FN2O2. The molecule has 0 aliphatic carbocycles. The standard InChI is InChI=1S/C14H19FN2O2/c1-14(2,9-16)17-13(19)8-7-12(18)10-3-5-11(15)6-4-10/h3-6H,7-9,16H2,1-2H3,(H,17,19). The molecule has 0 aliphatic heterocycles. The highest BCUT2D eigenvalue weighted by Gasteiger charge is 2.18. The first kappa shape index (κ1) is 15.3. The number of nitrogens with two attached hydrogens (primary N) is 1. The van der Waals surface area contributed by atoms with Gasteiger partial charge < -0.3 is 11.1 Å². The van der Waals surface area contributed by atoms with Gasteiger partial charge in [-0.3, -0.25) is 9.59 Å². The monoisotopic (exact) mass is 266 g/mol. The molecule has 0 spiro atoms. The molecule has 0 radical (unpaired) electrons. The van der Waals surface area contributed by atoms with Gasteiger partial charge in [0, 0.05) is 30.5 Å².